The summed E-state index contributed by atoms with van der Waals surface area (Å²) in [7, 11) is 2.13. The number of halogens is 1. The van der Waals surface area contributed by atoms with Gasteiger partial charge in [0.15, 0.2) is 6.54 Å². The molecule has 0 aromatic heterocycles. The van der Waals surface area contributed by atoms with Gasteiger partial charge in [-0.3, -0.25) is 0 Å². The molecule has 4 heteroatoms. The molecular weight excluding hydrogens is 331 g/mol. The minimum Gasteiger partial charge on any atom is -1.00 e. The van der Waals surface area contributed by atoms with Crippen LogP contribution in [0.3, 0.4) is 0 Å². The van der Waals surface area contributed by atoms with Gasteiger partial charge in [0.2, 0.25) is 5.04 Å². The fourth-order valence-electron chi connectivity index (χ4n) is 1.43. The molecule has 1 aliphatic heterocycles. The van der Waals surface area contributed by atoms with Gasteiger partial charge in [0.1, 0.15) is 7.05 Å². The summed E-state index contributed by atoms with van der Waals surface area (Å²) in [6.45, 7) is 1.15. The molecule has 0 saturated carbocycles. The van der Waals surface area contributed by atoms with Crippen molar-refractivity contribution in [1.29, 1.82) is 0 Å². The predicted octanol–water partition coefficient (Wildman–Crippen LogP) is -0.596. The van der Waals surface area contributed by atoms with E-state index in [-0.39, 0.29) is 24.0 Å². The Bertz CT molecular complexity index is 387. The number of nitrogens with zero attached hydrogens (tertiary/aromatic N) is 1. The molecule has 0 atom stereocenters. The van der Waals surface area contributed by atoms with Crippen LogP contribution in [0.4, 0.5) is 5.69 Å². The summed E-state index contributed by atoms with van der Waals surface area (Å²) < 4.78 is 2.27. The van der Waals surface area contributed by atoms with Crippen LogP contribution in [0.5, 0.6) is 0 Å². The van der Waals surface area contributed by atoms with Gasteiger partial charge in [-0.25, -0.2) is 4.58 Å². The maximum absolute atomic E-state index is 3.25. The van der Waals surface area contributed by atoms with E-state index in [1.165, 1.54) is 10.8 Å². The molecule has 1 heterocycles. The van der Waals surface area contributed by atoms with Crippen molar-refractivity contribution in [2.75, 3.05) is 24.7 Å². The average Bonchev–Trinajstić information content (AvgIpc) is 2.66. The summed E-state index contributed by atoms with van der Waals surface area (Å²) in [5, 5.41) is 4.58. The number of anilines is 1. The fourth-order valence-corrected chi connectivity index (χ4v) is 2.48. The number of rotatable bonds is 3. The smallest absolute Gasteiger partial charge is 0.236 e. The maximum Gasteiger partial charge on any atom is 0.236 e. The average molecular weight is 346 g/mol. The number of benzene rings is 1. The molecule has 0 spiro atoms. The van der Waals surface area contributed by atoms with E-state index in [1.54, 1.807) is 0 Å². The molecule has 0 unspecified atom stereocenters. The standard InChI is InChI=1S/C12H14N2S.HI/c1-14-9-10-15-12(14)7-8-13-11-5-3-2-4-6-11;/h2-8H,9-10H2,1H3;1H. The van der Waals surface area contributed by atoms with Crippen molar-refractivity contribution in [3.8, 4) is 0 Å². The largest absolute Gasteiger partial charge is 1.00 e. The van der Waals surface area contributed by atoms with Crippen molar-refractivity contribution in [2.24, 2.45) is 0 Å². The second-order valence-corrected chi connectivity index (χ2v) is 4.57. The highest BCUT2D eigenvalue weighted by atomic mass is 127. The van der Waals surface area contributed by atoms with Crippen LogP contribution in [0.1, 0.15) is 0 Å². The SMILES string of the molecule is C[N+]1=C(C=CNc2ccccc2)SCC1.[I-]. The lowest BCUT2D eigenvalue weighted by atomic mass is 10.3. The maximum atomic E-state index is 3.25. The first-order chi connectivity index (χ1) is 7.36. The van der Waals surface area contributed by atoms with Crippen LogP contribution in [-0.2, 0) is 0 Å². The van der Waals surface area contributed by atoms with Crippen LogP contribution < -0.4 is 29.3 Å². The van der Waals surface area contributed by atoms with E-state index in [0.717, 1.165) is 12.2 Å². The molecule has 1 aromatic carbocycles. The van der Waals surface area contributed by atoms with Crippen molar-refractivity contribution in [3.05, 3.63) is 42.6 Å². The van der Waals surface area contributed by atoms with Crippen LogP contribution in [0.25, 0.3) is 0 Å². The van der Waals surface area contributed by atoms with Crippen molar-refractivity contribution in [3.63, 3.8) is 0 Å². The minimum absolute atomic E-state index is 0. The molecule has 16 heavy (non-hydrogen) atoms. The van der Waals surface area contributed by atoms with Gasteiger partial charge in [-0.1, -0.05) is 30.0 Å². The normalized spacial score (nSPS) is 15.3. The van der Waals surface area contributed by atoms with E-state index in [4.69, 9.17) is 0 Å². The zero-order chi connectivity index (χ0) is 10.5. The molecule has 2 rings (SSSR count). The highest BCUT2D eigenvalue weighted by Gasteiger charge is 2.15. The minimum atomic E-state index is 0. The zero-order valence-electron chi connectivity index (χ0n) is 9.19. The zero-order valence-corrected chi connectivity index (χ0v) is 12.2. The molecule has 0 aliphatic carbocycles. The molecule has 86 valence electrons. The quantitative estimate of drug-likeness (QED) is 0.581. The van der Waals surface area contributed by atoms with Crippen molar-refractivity contribution < 1.29 is 28.6 Å². The Morgan fingerprint density at radius 2 is 2.06 bits per heavy atom. The summed E-state index contributed by atoms with van der Waals surface area (Å²) in [5.41, 5.74) is 1.12. The second kappa shape index (κ2) is 6.96. The second-order valence-electron chi connectivity index (χ2n) is 3.45. The molecule has 2 nitrogen and oxygen atoms in total. The van der Waals surface area contributed by atoms with Crippen LogP contribution in [-0.4, -0.2) is 29.0 Å². The highest BCUT2D eigenvalue weighted by molar-refractivity contribution is 8.14. The molecule has 0 fully saturated rings. The van der Waals surface area contributed by atoms with Crippen molar-refractivity contribution >= 4 is 22.5 Å². The van der Waals surface area contributed by atoms with E-state index >= 15 is 0 Å². The molecule has 1 aromatic rings. The monoisotopic (exact) mass is 346 g/mol. The summed E-state index contributed by atoms with van der Waals surface area (Å²) in [4.78, 5) is 0. The predicted molar refractivity (Wildman–Crippen MR) is 67.7 cm³/mol. The van der Waals surface area contributed by atoms with Crippen molar-refractivity contribution in [2.45, 2.75) is 0 Å². The van der Waals surface area contributed by atoms with Crippen LogP contribution >= 0.6 is 11.8 Å². The lowest BCUT2D eigenvalue weighted by Crippen LogP contribution is -3.00. The first-order valence-electron chi connectivity index (χ1n) is 5.05. The Labute approximate surface area is 118 Å². The Morgan fingerprint density at radius 3 is 2.69 bits per heavy atom. The number of nitrogens with one attached hydrogen (secondary N) is 1. The van der Waals surface area contributed by atoms with Gasteiger partial charge < -0.3 is 29.3 Å². The molecular formula is C12H15IN2S. The van der Waals surface area contributed by atoms with Gasteiger partial charge >= 0.3 is 0 Å². The van der Waals surface area contributed by atoms with E-state index in [2.05, 4.69) is 35.1 Å². The Hall–Kier alpha value is -0.490. The van der Waals surface area contributed by atoms with Crippen LogP contribution in [0.2, 0.25) is 0 Å². The highest BCUT2D eigenvalue weighted by Crippen LogP contribution is 2.11. The number of hydrogen-bond donors (Lipinski definition) is 1. The summed E-state index contributed by atoms with van der Waals surface area (Å²) >= 11 is 1.90. The van der Waals surface area contributed by atoms with E-state index in [9.17, 15) is 0 Å². The first-order valence-corrected chi connectivity index (χ1v) is 6.04. The van der Waals surface area contributed by atoms with Gasteiger partial charge in [0.25, 0.3) is 0 Å². The Kier molecular flexibility index (Phi) is 5.90. The third-order valence-corrected chi connectivity index (χ3v) is 3.43. The molecule has 1 N–H and O–H groups in total. The third kappa shape index (κ3) is 3.83. The van der Waals surface area contributed by atoms with Gasteiger partial charge in [-0.05, 0) is 12.1 Å². The number of para-hydroxylation sites is 1. The molecule has 1 aliphatic rings. The molecule has 0 saturated heterocycles. The number of hydrogen-bond acceptors (Lipinski definition) is 2. The van der Waals surface area contributed by atoms with Gasteiger partial charge in [-0.2, -0.15) is 0 Å². The first kappa shape index (κ1) is 13.6. The summed E-state index contributed by atoms with van der Waals surface area (Å²) in [6.07, 6.45) is 4.13. The fraction of sp³-hybridized carbons (Fsp3) is 0.250. The van der Waals surface area contributed by atoms with Gasteiger partial charge in [0.05, 0.1) is 5.75 Å². The van der Waals surface area contributed by atoms with Crippen molar-refractivity contribution in [1.82, 2.24) is 0 Å². The lowest BCUT2D eigenvalue weighted by molar-refractivity contribution is -0.485. The van der Waals surface area contributed by atoms with E-state index in [0.29, 0.717) is 0 Å². The molecule has 0 amide bonds. The topological polar surface area (TPSA) is 15.0 Å². The van der Waals surface area contributed by atoms with Crippen LogP contribution in [0.15, 0.2) is 42.6 Å². The summed E-state index contributed by atoms with van der Waals surface area (Å²) in [5.74, 6) is 1.20. The van der Waals surface area contributed by atoms with Gasteiger partial charge in [-0.15, -0.1) is 0 Å². The van der Waals surface area contributed by atoms with E-state index < -0.39 is 0 Å². The van der Waals surface area contributed by atoms with Gasteiger partial charge in [0, 0.05) is 18.0 Å². The Balaban J connectivity index is 0.00000128. The van der Waals surface area contributed by atoms with Crippen LogP contribution in [0, 0.1) is 0 Å². The van der Waals surface area contributed by atoms with E-state index in [1.807, 2.05) is 36.2 Å². The molecule has 0 radical (unpaired) electrons. The third-order valence-electron chi connectivity index (χ3n) is 2.30. The molecule has 0 bridgehead atoms. The Morgan fingerprint density at radius 1 is 1.31 bits per heavy atom. The lowest BCUT2D eigenvalue weighted by Gasteiger charge is -1.97. The summed E-state index contributed by atoms with van der Waals surface area (Å²) in [6, 6.07) is 10.2. The number of thioether (sulfide) groups is 1.